The molecule has 0 fully saturated rings. The molecule has 9 heteroatoms. The molecule has 0 saturated heterocycles. The normalized spacial score (nSPS) is 10.7. The predicted molar refractivity (Wildman–Crippen MR) is 99.6 cm³/mol. The van der Waals surface area contributed by atoms with E-state index in [1.165, 1.54) is 28.6 Å². The number of nitrogens with zero attached hydrogens (tertiary/aromatic N) is 3. The predicted octanol–water partition coefficient (Wildman–Crippen LogP) is 2.86. The molecule has 1 heterocycles. The molecule has 0 atom stereocenters. The summed E-state index contributed by atoms with van der Waals surface area (Å²) in [7, 11) is 0. The first kappa shape index (κ1) is 18.2. The molecule has 2 aromatic carbocycles. The molecule has 0 saturated carbocycles. The third-order valence-electron chi connectivity index (χ3n) is 3.50. The molecule has 6 nitrogen and oxygen atoms in total. The Morgan fingerprint density at radius 1 is 1.15 bits per heavy atom. The second-order valence-electron chi connectivity index (χ2n) is 5.37. The number of nitrogens with two attached hydrogens (primary N) is 1. The van der Waals surface area contributed by atoms with Gasteiger partial charge in [-0.25, -0.2) is 9.07 Å². The summed E-state index contributed by atoms with van der Waals surface area (Å²) in [6.07, 6.45) is 0. The zero-order valence-electron chi connectivity index (χ0n) is 13.5. The van der Waals surface area contributed by atoms with E-state index in [9.17, 15) is 9.18 Å². The van der Waals surface area contributed by atoms with Crippen molar-refractivity contribution < 1.29 is 9.18 Å². The van der Waals surface area contributed by atoms with Crippen molar-refractivity contribution in [3.63, 3.8) is 0 Å². The van der Waals surface area contributed by atoms with Gasteiger partial charge in [0, 0.05) is 17.1 Å². The highest BCUT2D eigenvalue weighted by molar-refractivity contribution is 7.99. The van der Waals surface area contributed by atoms with Gasteiger partial charge < -0.3 is 11.2 Å². The van der Waals surface area contributed by atoms with Crippen molar-refractivity contribution in [1.29, 1.82) is 0 Å². The number of carbonyl (C=O) groups excluding carboxylic acids is 1. The van der Waals surface area contributed by atoms with Gasteiger partial charge in [-0.1, -0.05) is 35.5 Å². The van der Waals surface area contributed by atoms with Gasteiger partial charge in [-0.3, -0.25) is 4.79 Å². The van der Waals surface area contributed by atoms with E-state index in [0.29, 0.717) is 22.5 Å². The van der Waals surface area contributed by atoms with E-state index in [4.69, 9.17) is 17.4 Å². The van der Waals surface area contributed by atoms with Crippen molar-refractivity contribution in [3.8, 4) is 11.4 Å². The first-order valence-corrected chi connectivity index (χ1v) is 8.99. The number of aromatic nitrogens is 3. The van der Waals surface area contributed by atoms with Crippen molar-refractivity contribution in [2.24, 2.45) is 0 Å². The third kappa shape index (κ3) is 4.53. The summed E-state index contributed by atoms with van der Waals surface area (Å²) in [5.74, 6) is 6.13. The van der Waals surface area contributed by atoms with Gasteiger partial charge in [0.25, 0.3) is 0 Å². The number of nitrogen functional groups attached to an aromatic ring is 1. The first-order valence-electron chi connectivity index (χ1n) is 7.63. The number of amides is 1. The monoisotopic (exact) mass is 391 g/mol. The zero-order chi connectivity index (χ0) is 18.5. The fourth-order valence-electron chi connectivity index (χ4n) is 2.16. The van der Waals surface area contributed by atoms with Crippen LogP contribution in [0, 0.1) is 5.82 Å². The Hall–Kier alpha value is -2.58. The van der Waals surface area contributed by atoms with Crippen LogP contribution in [0.15, 0.2) is 53.7 Å². The maximum Gasteiger partial charge on any atom is 0.230 e. The Kier molecular flexibility index (Phi) is 5.75. The third-order valence-corrected chi connectivity index (χ3v) is 4.70. The first-order chi connectivity index (χ1) is 12.5. The van der Waals surface area contributed by atoms with Crippen LogP contribution in [0.2, 0.25) is 5.02 Å². The number of thioether (sulfide) groups is 1. The number of hydrogen-bond acceptors (Lipinski definition) is 5. The Morgan fingerprint density at radius 3 is 2.54 bits per heavy atom. The van der Waals surface area contributed by atoms with E-state index in [2.05, 4.69) is 15.5 Å². The molecule has 0 aliphatic carbocycles. The quantitative estimate of drug-likeness (QED) is 0.498. The summed E-state index contributed by atoms with van der Waals surface area (Å²) in [6.45, 7) is 0.324. The fourth-order valence-corrected chi connectivity index (χ4v) is 2.97. The van der Waals surface area contributed by atoms with Crippen LogP contribution in [0.1, 0.15) is 5.56 Å². The SMILES string of the molecule is Nn1c(SCC(=O)NCc2ccc(F)cc2)nnc1-c1ccc(Cl)cc1. The lowest BCUT2D eigenvalue weighted by Crippen LogP contribution is -2.25. The Morgan fingerprint density at radius 2 is 1.85 bits per heavy atom. The molecule has 0 radical (unpaired) electrons. The Labute approximate surface area is 158 Å². The van der Waals surface area contributed by atoms with E-state index < -0.39 is 0 Å². The maximum absolute atomic E-state index is 12.9. The van der Waals surface area contributed by atoms with Crippen molar-refractivity contribution in [1.82, 2.24) is 20.2 Å². The molecule has 1 aromatic heterocycles. The highest BCUT2D eigenvalue weighted by Gasteiger charge is 2.13. The van der Waals surface area contributed by atoms with Gasteiger partial charge in [0.05, 0.1) is 5.75 Å². The molecule has 0 aliphatic heterocycles. The molecular formula is C17H15ClFN5OS. The molecule has 0 unspecified atom stereocenters. The molecule has 3 rings (SSSR count). The molecule has 134 valence electrons. The summed E-state index contributed by atoms with van der Waals surface area (Å²) >= 11 is 7.05. The highest BCUT2D eigenvalue weighted by Crippen LogP contribution is 2.22. The molecule has 0 spiro atoms. The van der Waals surface area contributed by atoms with Gasteiger partial charge in [0.2, 0.25) is 11.1 Å². The van der Waals surface area contributed by atoms with Gasteiger partial charge in [-0.05, 0) is 42.0 Å². The number of rotatable bonds is 6. The van der Waals surface area contributed by atoms with Crippen molar-refractivity contribution in [2.45, 2.75) is 11.7 Å². The van der Waals surface area contributed by atoms with Crippen LogP contribution in [0.25, 0.3) is 11.4 Å². The van der Waals surface area contributed by atoms with Crippen molar-refractivity contribution in [3.05, 3.63) is 64.9 Å². The lowest BCUT2D eigenvalue weighted by Gasteiger charge is -2.06. The van der Waals surface area contributed by atoms with Gasteiger partial charge >= 0.3 is 0 Å². The smallest absolute Gasteiger partial charge is 0.230 e. The number of nitrogens with one attached hydrogen (secondary N) is 1. The molecule has 1 amide bonds. The fraction of sp³-hybridized carbons (Fsp3) is 0.118. The average Bonchev–Trinajstić information content (AvgIpc) is 3.01. The lowest BCUT2D eigenvalue weighted by molar-refractivity contribution is -0.118. The van der Waals surface area contributed by atoms with Crippen LogP contribution in [0.3, 0.4) is 0 Å². The summed E-state index contributed by atoms with van der Waals surface area (Å²) in [5, 5.41) is 11.9. The van der Waals surface area contributed by atoms with Gasteiger partial charge in [-0.15, -0.1) is 10.2 Å². The molecule has 3 N–H and O–H groups in total. The topological polar surface area (TPSA) is 85.8 Å². The van der Waals surface area contributed by atoms with Gasteiger partial charge in [0.1, 0.15) is 5.82 Å². The summed E-state index contributed by atoms with van der Waals surface area (Å²) in [4.78, 5) is 12.0. The van der Waals surface area contributed by atoms with Crippen LogP contribution in [-0.4, -0.2) is 26.5 Å². The summed E-state index contributed by atoms with van der Waals surface area (Å²) in [5.41, 5.74) is 1.59. The van der Waals surface area contributed by atoms with Gasteiger partial charge in [0.15, 0.2) is 5.82 Å². The van der Waals surface area contributed by atoms with E-state index in [0.717, 1.165) is 11.1 Å². The highest BCUT2D eigenvalue weighted by atomic mass is 35.5. The molecule has 26 heavy (non-hydrogen) atoms. The lowest BCUT2D eigenvalue weighted by atomic mass is 10.2. The molecule has 0 aliphatic rings. The average molecular weight is 392 g/mol. The molecular weight excluding hydrogens is 377 g/mol. The second-order valence-corrected chi connectivity index (χ2v) is 6.75. The maximum atomic E-state index is 12.9. The zero-order valence-corrected chi connectivity index (χ0v) is 15.1. The summed E-state index contributed by atoms with van der Waals surface area (Å²) in [6, 6.07) is 13.0. The molecule has 3 aromatic rings. The Balaban J connectivity index is 1.55. The van der Waals surface area contributed by atoms with Crippen LogP contribution >= 0.6 is 23.4 Å². The van der Waals surface area contributed by atoms with E-state index in [1.807, 2.05) is 0 Å². The second kappa shape index (κ2) is 8.20. The molecule has 0 bridgehead atoms. The largest absolute Gasteiger partial charge is 0.351 e. The van der Waals surface area contributed by atoms with Crippen LogP contribution < -0.4 is 11.2 Å². The van der Waals surface area contributed by atoms with Crippen LogP contribution in [0.5, 0.6) is 0 Å². The van der Waals surface area contributed by atoms with E-state index >= 15 is 0 Å². The standard InChI is InChI=1S/C17H15ClFN5OS/c18-13-5-3-12(4-6-13)16-22-23-17(24(16)20)26-10-15(25)21-9-11-1-7-14(19)8-2-11/h1-8H,9-10,20H2,(H,21,25). The van der Waals surface area contributed by atoms with E-state index in [1.54, 1.807) is 36.4 Å². The van der Waals surface area contributed by atoms with Crippen LogP contribution in [-0.2, 0) is 11.3 Å². The number of halogens is 2. The summed E-state index contributed by atoms with van der Waals surface area (Å²) < 4.78 is 14.2. The minimum absolute atomic E-state index is 0.136. The minimum Gasteiger partial charge on any atom is -0.351 e. The number of hydrogen-bond donors (Lipinski definition) is 2. The minimum atomic E-state index is -0.311. The Bertz CT molecular complexity index is 899. The van der Waals surface area contributed by atoms with Crippen molar-refractivity contribution in [2.75, 3.05) is 11.6 Å². The number of carbonyl (C=O) groups is 1. The van der Waals surface area contributed by atoms with E-state index in [-0.39, 0.29) is 17.5 Å². The van der Waals surface area contributed by atoms with Gasteiger partial charge in [-0.2, -0.15) is 0 Å². The number of benzene rings is 2. The van der Waals surface area contributed by atoms with Crippen LogP contribution in [0.4, 0.5) is 4.39 Å². The van der Waals surface area contributed by atoms with Crippen molar-refractivity contribution >= 4 is 29.3 Å².